The van der Waals surface area contributed by atoms with Crippen molar-refractivity contribution in [2.75, 3.05) is 4.90 Å². The van der Waals surface area contributed by atoms with Crippen molar-refractivity contribution in [3.63, 3.8) is 0 Å². The Balaban J connectivity index is 1.41. The van der Waals surface area contributed by atoms with E-state index in [-0.39, 0.29) is 17.7 Å². The van der Waals surface area contributed by atoms with Crippen LogP contribution in [0.4, 0.5) is 5.69 Å². The van der Waals surface area contributed by atoms with Crippen LogP contribution in [0.15, 0.2) is 85.2 Å². The molecule has 2 heterocycles. The number of amides is 2. The minimum atomic E-state index is -0.654. The van der Waals surface area contributed by atoms with Crippen molar-refractivity contribution in [3.05, 3.63) is 96.3 Å². The first kappa shape index (κ1) is 25.4. The van der Waals surface area contributed by atoms with Crippen molar-refractivity contribution in [2.24, 2.45) is 11.7 Å². The molecular weight excluding hydrogens is 474 g/mol. The highest BCUT2D eigenvalue weighted by Crippen LogP contribution is 2.32. The van der Waals surface area contributed by atoms with Gasteiger partial charge in [0.1, 0.15) is 11.9 Å². The van der Waals surface area contributed by atoms with Gasteiger partial charge in [-0.15, -0.1) is 0 Å². The predicted octanol–water partition coefficient (Wildman–Crippen LogP) is 4.69. The van der Waals surface area contributed by atoms with E-state index < -0.39 is 12.1 Å². The summed E-state index contributed by atoms with van der Waals surface area (Å²) in [5.74, 6) is 0.401. The third-order valence-corrected chi connectivity index (χ3v) is 7.17. The van der Waals surface area contributed by atoms with Crippen molar-refractivity contribution in [1.29, 1.82) is 0 Å². The number of benzene rings is 3. The van der Waals surface area contributed by atoms with E-state index in [4.69, 9.17) is 5.73 Å². The van der Waals surface area contributed by atoms with E-state index in [1.807, 2.05) is 56.4 Å². The number of nitrogens with two attached hydrogens (primary N) is 1. The molecule has 194 valence electrons. The lowest BCUT2D eigenvalue weighted by molar-refractivity contribution is -0.129. The number of nitrogens with zero attached hydrogens (tertiary/aromatic N) is 2. The molecule has 0 fully saturated rings. The van der Waals surface area contributed by atoms with Gasteiger partial charge >= 0.3 is 0 Å². The zero-order valence-electron chi connectivity index (χ0n) is 21.7. The Hall–Kier alpha value is -4.23. The molecular formula is C31H33N5O2. The van der Waals surface area contributed by atoms with Gasteiger partial charge in [-0.1, -0.05) is 80.6 Å². The second kappa shape index (κ2) is 11.0. The molecule has 0 bridgehead atoms. The van der Waals surface area contributed by atoms with Gasteiger partial charge < -0.3 is 20.9 Å². The third-order valence-electron chi connectivity index (χ3n) is 7.17. The average Bonchev–Trinajstić information content (AvgIpc) is 3.45. The quantitative estimate of drug-likeness (QED) is 0.338. The molecule has 7 nitrogen and oxygen atoms in total. The number of rotatable bonds is 7. The maximum Gasteiger partial charge on any atom is 0.249 e. The summed E-state index contributed by atoms with van der Waals surface area (Å²) in [7, 11) is 0. The van der Waals surface area contributed by atoms with Crippen molar-refractivity contribution in [1.82, 2.24) is 15.3 Å². The topological polar surface area (TPSA) is 104 Å². The second-order valence-corrected chi connectivity index (χ2v) is 10.1. The van der Waals surface area contributed by atoms with Crippen molar-refractivity contribution in [2.45, 2.75) is 45.3 Å². The number of anilines is 1. The highest BCUT2D eigenvalue weighted by molar-refractivity contribution is 6.01. The van der Waals surface area contributed by atoms with E-state index in [2.05, 4.69) is 51.7 Å². The average molecular weight is 508 g/mol. The molecule has 1 unspecified atom stereocenters. The van der Waals surface area contributed by atoms with Gasteiger partial charge in [-0.25, -0.2) is 4.98 Å². The molecule has 0 saturated heterocycles. The summed E-state index contributed by atoms with van der Waals surface area (Å²) in [6.07, 6.45) is 4.79. The zero-order chi connectivity index (χ0) is 26.6. The molecule has 0 aliphatic carbocycles. The highest BCUT2D eigenvalue weighted by atomic mass is 16.2. The molecule has 3 aromatic carbocycles. The summed E-state index contributed by atoms with van der Waals surface area (Å²) in [5, 5.41) is 2.93. The first-order chi connectivity index (χ1) is 18.4. The van der Waals surface area contributed by atoms with E-state index in [0.29, 0.717) is 19.4 Å². The first-order valence-corrected chi connectivity index (χ1v) is 13.1. The third kappa shape index (κ3) is 5.24. The number of hydrogen-bond acceptors (Lipinski definition) is 4. The van der Waals surface area contributed by atoms with Gasteiger partial charge in [0, 0.05) is 23.6 Å². The number of carbonyl (C=O) groups is 2. The number of nitrogens with one attached hydrogen (secondary N) is 2. The number of imidazole rings is 1. The summed E-state index contributed by atoms with van der Waals surface area (Å²) in [6, 6.07) is 23.1. The monoisotopic (exact) mass is 507 g/mol. The molecule has 0 radical (unpaired) electrons. The van der Waals surface area contributed by atoms with Crippen LogP contribution in [0.3, 0.4) is 0 Å². The Morgan fingerprint density at radius 3 is 2.47 bits per heavy atom. The van der Waals surface area contributed by atoms with E-state index >= 15 is 0 Å². The van der Waals surface area contributed by atoms with Gasteiger partial charge in [-0.2, -0.15) is 0 Å². The summed E-state index contributed by atoms with van der Waals surface area (Å²) >= 11 is 0. The molecule has 4 aromatic rings. The second-order valence-electron chi connectivity index (χ2n) is 10.1. The summed E-state index contributed by atoms with van der Waals surface area (Å²) in [6.45, 7) is 4.20. The summed E-state index contributed by atoms with van der Waals surface area (Å²) < 4.78 is 0. The molecule has 1 aliphatic heterocycles. The number of aromatic nitrogens is 2. The Bertz CT molecular complexity index is 1410. The minimum absolute atomic E-state index is 0.0133. The normalized spacial score (nSPS) is 16.2. The Morgan fingerprint density at radius 1 is 1.05 bits per heavy atom. The van der Waals surface area contributed by atoms with Crippen LogP contribution < -0.4 is 16.0 Å². The SMILES string of the molecule is CC(C)C(N)C(=O)N[C@@H]1CCc2ccccc2N(Cc2ccc(-c3ccccc3-c3ncc[nH]3)cc2)C1=O. The van der Waals surface area contributed by atoms with E-state index in [0.717, 1.165) is 39.3 Å². The first-order valence-electron chi connectivity index (χ1n) is 13.1. The van der Waals surface area contributed by atoms with Crippen LogP contribution in [0, 0.1) is 5.92 Å². The Labute approximate surface area is 223 Å². The van der Waals surface area contributed by atoms with Gasteiger partial charge in [-0.05, 0) is 47.1 Å². The molecule has 0 spiro atoms. The van der Waals surface area contributed by atoms with Gasteiger partial charge in [0.15, 0.2) is 0 Å². The molecule has 4 N–H and O–H groups in total. The van der Waals surface area contributed by atoms with Crippen molar-refractivity contribution in [3.8, 4) is 22.5 Å². The summed E-state index contributed by atoms with van der Waals surface area (Å²) in [4.78, 5) is 35.9. The van der Waals surface area contributed by atoms with Crippen molar-refractivity contribution < 1.29 is 9.59 Å². The standard InChI is InChI=1S/C31H33N5O2/c1-20(2)28(32)30(37)35-26-16-15-23-7-3-6-10-27(23)36(31(26)38)19-21-11-13-22(14-12-21)24-8-4-5-9-25(24)29-33-17-18-34-29/h3-14,17-18,20,26,28H,15-16,19,32H2,1-2H3,(H,33,34)(H,35,37)/t26-,28?/m1/s1. The zero-order valence-corrected chi connectivity index (χ0v) is 21.7. The largest absolute Gasteiger partial charge is 0.345 e. The lowest BCUT2D eigenvalue weighted by atomic mass is 9.98. The number of hydrogen-bond donors (Lipinski definition) is 3. The molecule has 2 amide bonds. The van der Waals surface area contributed by atoms with Crippen LogP contribution in [0.2, 0.25) is 0 Å². The van der Waals surface area contributed by atoms with Crippen LogP contribution in [-0.2, 0) is 22.6 Å². The molecule has 1 aromatic heterocycles. The molecule has 5 rings (SSSR count). The van der Waals surface area contributed by atoms with Gasteiger partial charge in [0.2, 0.25) is 11.8 Å². The maximum absolute atomic E-state index is 13.8. The fourth-order valence-electron chi connectivity index (χ4n) is 4.91. The lowest BCUT2D eigenvalue weighted by Gasteiger charge is -2.27. The number of para-hydroxylation sites is 1. The number of H-pyrrole nitrogens is 1. The van der Waals surface area contributed by atoms with Gasteiger partial charge in [0.25, 0.3) is 0 Å². The smallest absolute Gasteiger partial charge is 0.249 e. The van der Waals surface area contributed by atoms with Crippen LogP contribution in [-0.4, -0.2) is 33.9 Å². The molecule has 2 atom stereocenters. The Morgan fingerprint density at radius 2 is 1.76 bits per heavy atom. The van der Waals surface area contributed by atoms with Crippen LogP contribution in [0.25, 0.3) is 22.5 Å². The van der Waals surface area contributed by atoms with Crippen molar-refractivity contribution >= 4 is 17.5 Å². The van der Waals surface area contributed by atoms with Crippen LogP contribution >= 0.6 is 0 Å². The van der Waals surface area contributed by atoms with E-state index in [1.165, 1.54) is 0 Å². The lowest BCUT2D eigenvalue weighted by Crippen LogP contribution is -2.53. The molecule has 1 aliphatic rings. The fraction of sp³-hybridized carbons (Fsp3) is 0.258. The summed E-state index contributed by atoms with van der Waals surface area (Å²) in [5.41, 5.74) is 12.2. The molecule has 38 heavy (non-hydrogen) atoms. The van der Waals surface area contributed by atoms with E-state index in [9.17, 15) is 9.59 Å². The van der Waals surface area contributed by atoms with E-state index in [1.54, 1.807) is 11.1 Å². The maximum atomic E-state index is 13.8. The number of aromatic amines is 1. The Kier molecular flexibility index (Phi) is 7.38. The molecule has 7 heteroatoms. The van der Waals surface area contributed by atoms with Gasteiger partial charge in [0.05, 0.1) is 12.6 Å². The number of fused-ring (bicyclic) bond motifs is 1. The number of aryl methyl sites for hydroxylation is 1. The van der Waals surface area contributed by atoms with Gasteiger partial charge in [-0.3, -0.25) is 9.59 Å². The predicted molar refractivity (Wildman–Crippen MR) is 150 cm³/mol. The minimum Gasteiger partial charge on any atom is -0.345 e. The number of carbonyl (C=O) groups excluding carboxylic acids is 2. The van der Waals surface area contributed by atoms with Crippen LogP contribution in [0.1, 0.15) is 31.4 Å². The molecule has 0 saturated carbocycles. The van der Waals surface area contributed by atoms with Crippen LogP contribution in [0.5, 0.6) is 0 Å². The fourth-order valence-corrected chi connectivity index (χ4v) is 4.91. The highest BCUT2D eigenvalue weighted by Gasteiger charge is 2.32.